The van der Waals surface area contributed by atoms with Gasteiger partial charge in [-0.05, 0) is 38.2 Å². The lowest BCUT2D eigenvalue weighted by Crippen LogP contribution is -2.13. The Balaban J connectivity index is 1.84. The molecule has 1 aliphatic rings. The summed E-state index contributed by atoms with van der Waals surface area (Å²) in [7, 11) is 0. The van der Waals surface area contributed by atoms with Gasteiger partial charge in [-0.3, -0.25) is 0 Å². The first-order valence-electron chi connectivity index (χ1n) is 6.10. The van der Waals surface area contributed by atoms with E-state index < -0.39 is 0 Å². The SMILES string of the molecule is Cc1cccc(C=NOC2CCCCC2)c1. The number of nitrogens with zero attached hydrogens (tertiary/aromatic N) is 1. The highest BCUT2D eigenvalue weighted by Crippen LogP contribution is 2.20. The van der Waals surface area contributed by atoms with Crippen LogP contribution in [0.5, 0.6) is 0 Å². The molecule has 2 rings (SSSR count). The standard InChI is InChI=1S/C14H19NO/c1-12-6-5-7-13(10-12)11-15-16-14-8-3-2-4-9-14/h5-7,10-11,14H,2-4,8-9H2,1H3. The van der Waals surface area contributed by atoms with Gasteiger partial charge in [-0.25, -0.2) is 0 Å². The van der Waals surface area contributed by atoms with Crippen molar-refractivity contribution in [3.8, 4) is 0 Å². The highest BCUT2D eigenvalue weighted by molar-refractivity contribution is 5.79. The van der Waals surface area contributed by atoms with Crippen molar-refractivity contribution in [2.24, 2.45) is 5.16 Å². The summed E-state index contributed by atoms with van der Waals surface area (Å²) in [5.41, 5.74) is 2.36. The average molecular weight is 217 g/mol. The van der Waals surface area contributed by atoms with Crippen molar-refractivity contribution in [1.29, 1.82) is 0 Å². The smallest absolute Gasteiger partial charge is 0.127 e. The van der Waals surface area contributed by atoms with Gasteiger partial charge in [0.2, 0.25) is 0 Å². The van der Waals surface area contributed by atoms with E-state index in [2.05, 4.69) is 24.2 Å². The third kappa shape index (κ3) is 3.37. The van der Waals surface area contributed by atoms with E-state index in [1.807, 2.05) is 18.3 Å². The lowest BCUT2D eigenvalue weighted by atomic mass is 9.98. The molecule has 0 aromatic heterocycles. The molecule has 0 atom stereocenters. The third-order valence-corrected chi connectivity index (χ3v) is 3.01. The van der Waals surface area contributed by atoms with Crippen LogP contribution >= 0.6 is 0 Å². The summed E-state index contributed by atoms with van der Waals surface area (Å²) in [6, 6.07) is 8.27. The minimum atomic E-state index is 0.342. The van der Waals surface area contributed by atoms with Crippen LogP contribution in [-0.2, 0) is 4.84 Å². The normalized spacial score (nSPS) is 17.8. The second-order valence-electron chi connectivity index (χ2n) is 4.51. The van der Waals surface area contributed by atoms with Crippen LogP contribution in [0.25, 0.3) is 0 Å². The number of rotatable bonds is 3. The van der Waals surface area contributed by atoms with Gasteiger partial charge in [0, 0.05) is 0 Å². The minimum Gasteiger partial charge on any atom is -0.393 e. The fraction of sp³-hybridized carbons (Fsp3) is 0.500. The first-order valence-corrected chi connectivity index (χ1v) is 6.10. The van der Waals surface area contributed by atoms with Crippen molar-refractivity contribution in [1.82, 2.24) is 0 Å². The Morgan fingerprint density at radius 1 is 1.25 bits per heavy atom. The molecule has 0 saturated heterocycles. The Morgan fingerprint density at radius 2 is 2.06 bits per heavy atom. The predicted molar refractivity (Wildman–Crippen MR) is 66.7 cm³/mol. The number of hydrogen-bond donors (Lipinski definition) is 0. The van der Waals surface area contributed by atoms with Crippen LogP contribution in [0.4, 0.5) is 0 Å². The topological polar surface area (TPSA) is 21.6 Å². The lowest BCUT2D eigenvalue weighted by molar-refractivity contribution is 0.0340. The Morgan fingerprint density at radius 3 is 2.81 bits per heavy atom. The molecule has 1 aromatic rings. The molecule has 2 nitrogen and oxygen atoms in total. The molecule has 16 heavy (non-hydrogen) atoms. The Kier molecular flexibility index (Phi) is 3.97. The molecule has 1 aliphatic carbocycles. The molecule has 0 unspecified atom stereocenters. The molecular weight excluding hydrogens is 198 g/mol. The van der Waals surface area contributed by atoms with Crippen molar-refractivity contribution in [3.05, 3.63) is 35.4 Å². The van der Waals surface area contributed by atoms with Crippen LogP contribution in [0.15, 0.2) is 29.4 Å². The van der Waals surface area contributed by atoms with Crippen molar-refractivity contribution in [2.45, 2.75) is 45.1 Å². The summed E-state index contributed by atoms with van der Waals surface area (Å²) in [6.07, 6.45) is 8.38. The van der Waals surface area contributed by atoms with E-state index in [0.29, 0.717) is 6.10 Å². The third-order valence-electron chi connectivity index (χ3n) is 3.01. The molecule has 0 amide bonds. The summed E-state index contributed by atoms with van der Waals surface area (Å²) in [5, 5.41) is 4.08. The second kappa shape index (κ2) is 5.69. The largest absolute Gasteiger partial charge is 0.393 e. The van der Waals surface area contributed by atoms with Crippen LogP contribution < -0.4 is 0 Å². The molecule has 0 spiro atoms. The van der Waals surface area contributed by atoms with E-state index >= 15 is 0 Å². The zero-order chi connectivity index (χ0) is 11.2. The van der Waals surface area contributed by atoms with Crippen LogP contribution in [0.1, 0.15) is 43.2 Å². The quantitative estimate of drug-likeness (QED) is 0.559. The first-order chi connectivity index (χ1) is 7.84. The molecule has 0 bridgehead atoms. The van der Waals surface area contributed by atoms with Crippen molar-refractivity contribution in [3.63, 3.8) is 0 Å². The Labute approximate surface area is 97.3 Å². The molecule has 1 fully saturated rings. The highest BCUT2D eigenvalue weighted by Gasteiger charge is 2.13. The summed E-state index contributed by atoms with van der Waals surface area (Å²) in [6.45, 7) is 2.08. The molecule has 0 aliphatic heterocycles. The summed E-state index contributed by atoms with van der Waals surface area (Å²) in [4.78, 5) is 5.50. The predicted octanol–water partition coefficient (Wildman–Crippen LogP) is 3.68. The van der Waals surface area contributed by atoms with Crippen LogP contribution in [0.3, 0.4) is 0 Å². The van der Waals surface area contributed by atoms with E-state index in [-0.39, 0.29) is 0 Å². The van der Waals surface area contributed by atoms with Crippen LogP contribution in [-0.4, -0.2) is 12.3 Å². The number of aryl methyl sites for hydroxylation is 1. The molecule has 0 heterocycles. The van der Waals surface area contributed by atoms with Crippen molar-refractivity contribution < 1.29 is 4.84 Å². The second-order valence-corrected chi connectivity index (χ2v) is 4.51. The van der Waals surface area contributed by atoms with E-state index in [4.69, 9.17) is 4.84 Å². The Bertz CT molecular complexity index is 354. The van der Waals surface area contributed by atoms with E-state index in [1.54, 1.807) is 0 Å². The van der Waals surface area contributed by atoms with Gasteiger partial charge in [0.15, 0.2) is 0 Å². The van der Waals surface area contributed by atoms with Gasteiger partial charge in [0.25, 0.3) is 0 Å². The fourth-order valence-corrected chi connectivity index (χ4v) is 2.10. The van der Waals surface area contributed by atoms with E-state index in [0.717, 1.165) is 18.4 Å². The van der Waals surface area contributed by atoms with Gasteiger partial charge < -0.3 is 4.84 Å². The zero-order valence-corrected chi connectivity index (χ0v) is 9.86. The molecule has 86 valence electrons. The fourth-order valence-electron chi connectivity index (χ4n) is 2.10. The van der Waals surface area contributed by atoms with Gasteiger partial charge in [-0.1, -0.05) is 41.4 Å². The van der Waals surface area contributed by atoms with E-state index in [1.165, 1.54) is 24.8 Å². The zero-order valence-electron chi connectivity index (χ0n) is 9.86. The van der Waals surface area contributed by atoms with E-state index in [9.17, 15) is 0 Å². The van der Waals surface area contributed by atoms with Crippen molar-refractivity contribution >= 4 is 6.21 Å². The van der Waals surface area contributed by atoms with Gasteiger partial charge in [0.05, 0.1) is 6.21 Å². The Hall–Kier alpha value is -1.31. The maximum Gasteiger partial charge on any atom is 0.127 e. The monoisotopic (exact) mass is 217 g/mol. The van der Waals surface area contributed by atoms with Crippen LogP contribution in [0.2, 0.25) is 0 Å². The number of benzene rings is 1. The molecule has 0 radical (unpaired) electrons. The summed E-state index contributed by atoms with van der Waals surface area (Å²) in [5.74, 6) is 0. The molecule has 1 saturated carbocycles. The van der Waals surface area contributed by atoms with Gasteiger partial charge in [0.1, 0.15) is 6.10 Å². The molecule has 0 N–H and O–H groups in total. The number of oxime groups is 1. The maximum absolute atomic E-state index is 5.50. The first kappa shape index (κ1) is 11.2. The maximum atomic E-state index is 5.50. The summed E-state index contributed by atoms with van der Waals surface area (Å²) >= 11 is 0. The van der Waals surface area contributed by atoms with Gasteiger partial charge >= 0.3 is 0 Å². The van der Waals surface area contributed by atoms with Crippen LogP contribution in [0, 0.1) is 6.92 Å². The number of hydrogen-bond acceptors (Lipinski definition) is 2. The van der Waals surface area contributed by atoms with Gasteiger partial charge in [-0.15, -0.1) is 0 Å². The van der Waals surface area contributed by atoms with Gasteiger partial charge in [-0.2, -0.15) is 0 Å². The summed E-state index contributed by atoms with van der Waals surface area (Å²) < 4.78 is 0. The van der Waals surface area contributed by atoms with Crippen molar-refractivity contribution in [2.75, 3.05) is 0 Å². The molecular formula is C14H19NO. The average Bonchev–Trinajstić information content (AvgIpc) is 2.30. The highest BCUT2D eigenvalue weighted by atomic mass is 16.6. The lowest BCUT2D eigenvalue weighted by Gasteiger charge is -2.18. The minimum absolute atomic E-state index is 0.342. The molecule has 2 heteroatoms. The molecule has 1 aromatic carbocycles.